The van der Waals surface area contributed by atoms with Gasteiger partial charge in [0.05, 0.1) is 0 Å². The van der Waals surface area contributed by atoms with E-state index in [1.54, 1.807) is 16.7 Å². The number of rotatable bonds is 3. The van der Waals surface area contributed by atoms with Gasteiger partial charge in [0.2, 0.25) is 0 Å². The van der Waals surface area contributed by atoms with Gasteiger partial charge in [-0.15, -0.1) is 0 Å². The fourth-order valence-electron chi connectivity index (χ4n) is 9.85. The van der Waals surface area contributed by atoms with Crippen LogP contribution in [-0.2, 0) is 52.4 Å². The second-order valence-electron chi connectivity index (χ2n) is 15.7. The van der Waals surface area contributed by atoms with E-state index in [1.807, 2.05) is 0 Å². The minimum atomic E-state index is 0. The summed E-state index contributed by atoms with van der Waals surface area (Å²) in [6.07, 6.45) is 43.8. The number of fused-ring (bicyclic) bond motifs is 2. The third-order valence-corrected chi connectivity index (χ3v) is 13.0. The molecule has 0 aliphatic heterocycles. The molecule has 0 amide bonds. The van der Waals surface area contributed by atoms with Crippen molar-refractivity contribution in [1.82, 2.24) is 0 Å². The van der Waals surface area contributed by atoms with E-state index >= 15 is 0 Å². The SMILES string of the molecule is CC1(C)C=CC(C)(C2C=CC=C2)C2CC[CH-]C21.CC1=C(C)C(C)(C2=CCC(C)(C3C=CC=C3)C=C2)C2[CH-]CCC2C1.[CH3-].[CH3-].[CH3-].[CH3-].[Zr+3].[Zr+3]. The van der Waals surface area contributed by atoms with Crippen molar-refractivity contribution in [2.75, 3.05) is 0 Å². The van der Waals surface area contributed by atoms with Crippen LogP contribution < -0.4 is 0 Å². The molecule has 7 unspecified atom stereocenters. The minimum absolute atomic E-state index is 0. The zero-order valence-electron chi connectivity index (χ0n) is 31.9. The van der Waals surface area contributed by atoms with Gasteiger partial charge < -0.3 is 42.5 Å². The van der Waals surface area contributed by atoms with Gasteiger partial charge in [-0.2, -0.15) is 24.7 Å². The average molecular weight is 789 g/mol. The third kappa shape index (κ3) is 8.27. The van der Waals surface area contributed by atoms with Crippen LogP contribution in [0.2, 0.25) is 0 Å². The van der Waals surface area contributed by atoms with Gasteiger partial charge in [0.15, 0.2) is 0 Å². The first kappa shape index (κ1) is 46.7. The van der Waals surface area contributed by atoms with Crippen molar-refractivity contribution in [1.29, 1.82) is 0 Å². The summed E-state index contributed by atoms with van der Waals surface area (Å²) >= 11 is 0. The van der Waals surface area contributed by atoms with Crippen LogP contribution in [0.5, 0.6) is 0 Å². The maximum absolute atomic E-state index is 2.63. The van der Waals surface area contributed by atoms with Crippen LogP contribution in [0.4, 0.5) is 0 Å². The van der Waals surface area contributed by atoms with E-state index in [-0.39, 0.29) is 92.9 Å². The minimum Gasteiger partial charge on any atom is -0.358 e. The van der Waals surface area contributed by atoms with Crippen molar-refractivity contribution < 1.29 is 52.4 Å². The Morgan fingerprint density at radius 1 is 0.681 bits per heavy atom. The second-order valence-corrected chi connectivity index (χ2v) is 15.7. The zero-order valence-corrected chi connectivity index (χ0v) is 36.8. The molecule has 2 saturated carbocycles. The van der Waals surface area contributed by atoms with Gasteiger partial charge in [0.1, 0.15) is 0 Å². The Labute approximate surface area is 332 Å². The summed E-state index contributed by atoms with van der Waals surface area (Å²) in [5, 5.41) is 0. The summed E-state index contributed by atoms with van der Waals surface area (Å²) in [4.78, 5) is 0. The van der Waals surface area contributed by atoms with Crippen molar-refractivity contribution in [3.8, 4) is 0 Å². The molecule has 2 heteroatoms. The van der Waals surface area contributed by atoms with Crippen molar-refractivity contribution in [2.24, 2.45) is 57.2 Å². The molecule has 2 radical (unpaired) electrons. The maximum Gasteiger partial charge on any atom is 3.00 e. The first-order valence-corrected chi connectivity index (χ1v) is 16.6. The first-order valence-electron chi connectivity index (χ1n) is 16.6. The van der Waals surface area contributed by atoms with Gasteiger partial charge in [-0.1, -0.05) is 149 Å². The Morgan fingerprint density at radius 3 is 1.81 bits per heavy atom. The standard InChI is InChI=1S/C24H31.C17H23.4CH3.2Zr/c1-17-16-19-8-7-11-22(19)24(4,18(17)2)21-12-14-23(3,15-13-21)20-9-5-6-10-20;1-16(2)11-12-17(3,13-7-4-5-8-13)15-10-6-9-14(15)16;;;;;;/h5-6,9-14,19-20,22H,7-8,15-16H2,1-4H3;4-5,7-9,11-15H,6,10H2,1-3H3;4*1H3;;/q6*-1;2*+3. The molecule has 7 rings (SSSR count). The molecule has 7 atom stereocenters. The fraction of sp³-hybridized carbons (Fsp3) is 0.511. The Bertz CT molecular complexity index is 1260. The van der Waals surface area contributed by atoms with E-state index in [4.69, 9.17) is 0 Å². The molecule has 0 nitrogen and oxygen atoms in total. The Morgan fingerprint density at radius 2 is 1.23 bits per heavy atom. The largest absolute Gasteiger partial charge is 3.00 e. The summed E-state index contributed by atoms with van der Waals surface area (Å²) in [7, 11) is 0. The molecule has 0 aromatic heterocycles. The van der Waals surface area contributed by atoms with Gasteiger partial charge in [-0.05, 0) is 53.9 Å². The molecular formula is C45H66Zr2. The van der Waals surface area contributed by atoms with Crippen molar-refractivity contribution in [2.45, 2.75) is 87.0 Å². The zero-order chi connectivity index (χ0) is 29.0. The van der Waals surface area contributed by atoms with Crippen LogP contribution in [0, 0.1) is 99.7 Å². The Kier molecular flexibility index (Phi) is 17.6. The molecule has 254 valence electrons. The van der Waals surface area contributed by atoms with Gasteiger partial charge in [-0.25, -0.2) is 0 Å². The molecule has 0 heterocycles. The van der Waals surface area contributed by atoms with E-state index in [2.05, 4.69) is 140 Å². The molecule has 47 heavy (non-hydrogen) atoms. The van der Waals surface area contributed by atoms with Gasteiger partial charge in [-0.3, -0.25) is 0 Å². The fourth-order valence-corrected chi connectivity index (χ4v) is 9.85. The maximum atomic E-state index is 2.63. The smallest absolute Gasteiger partial charge is 0.358 e. The van der Waals surface area contributed by atoms with E-state index in [1.165, 1.54) is 32.1 Å². The molecule has 0 spiro atoms. The van der Waals surface area contributed by atoms with Crippen molar-refractivity contribution >= 4 is 0 Å². The van der Waals surface area contributed by atoms with Crippen LogP contribution >= 0.6 is 0 Å². The predicted octanol–water partition coefficient (Wildman–Crippen LogP) is 13.0. The van der Waals surface area contributed by atoms with Crippen molar-refractivity contribution in [3.05, 3.63) is 138 Å². The average Bonchev–Trinajstić information content (AvgIpc) is 3.77. The number of allylic oxidation sites excluding steroid dienone is 16. The monoisotopic (exact) mass is 786 g/mol. The summed E-state index contributed by atoms with van der Waals surface area (Å²) in [5.74, 6) is 4.33. The van der Waals surface area contributed by atoms with Crippen molar-refractivity contribution in [3.63, 3.8) is 0 Å². The summed E-state index contributed by atoms with van der Waals surface area (Å²) in [5.41, 5.74) is 5.96. The first-order chi connectivity index (χ1) is 19.5. The number of hydrogen-bond acceptors (Lipinski definition) is 0. The van der Waals surface area contributed by atoms with Crippen LogP contribution in [0.15, 0.2) is 95.7 Å². The van der Waals surface area contributed by atoms with Crippen LogP contribution in [-0.4, -0.2) is 0 Å². The second kappa shape index (κ2) is 17.8. The number of hydrogen-bond donors (Lipinski definition) is 0. The molecule has 0 aromatic rings. The van der Waals surface area contributed by atoms with E-state index in [0.29, 0.717) is 22.7 Å². The molecule has 0 saturated heterocycles. The molecular weight excluding hydrogens is 723 g/mol. The summed E-state index contributed by atoms with van der Waals surface area (Å²) in [6, 6.07) is 0. The molecule has 0 aromatic carbocycles. The van der Waals surface area contributed by atoms with Crippen LogP contribution in [0.1, 0.15) is 87.0 Å². The molecule has 0 N–H and O–H groups in total. The van der Waals surface area contributed by atoms with E-state index in [0.717, 1.165) is 30.1 Å². The molecule has 2 fully saturated rings. The molecule has 7 aliphatic rings. The quantitative estimate of drug-likeness (QED) is 0.197. The molecule has 0 bridgehead atoms. The van der Waals surface area contributed by atoms with Crippen LogP contribution in [0.3, 0.4) is 0 Å². The summed E-state index contributed by atoms with van der Waals surface area (Å²) < 4.78 is 0. The van der Waals surface area contributed by atoms with E-state index < -0.39 is 0 Å². The third-order valence-electron chi connectivity index (χ3n) is 13.0. The predicted molar refractivity (Wildman–Crippen MR) is 202 cm³/mol. The normalized spacial score (nSPS) is 37.0. The van der Waals surface area contributed by atoms with Gasteiger partial charge in [0.25, 0.3) is 0 Å². The van der Waals surface area contributed by atoms with Gasteiger partial charge >= 0.3 is 52.4 Å². The van der Waals surface area contributed by atoms with E-state index in [9.17, 15) is 0 Å². The van der Waals surface area contributed by atoms with Crippen LogP contribution in [0.25, 0.3) is 0 Å². The van der Waals surface area contributed by atoms with Gasteiger partial charge in [0, 0.05) is 11.8 Å². The topological polar surface area (TPSA) is 0 Å². The Balaban J connectivity index is 0.000000831. The summed E-state index contributed by atoms with van der Waals surface area (Å²) in [6.45, 7) is 16.9. The Hall–Kier alpha value is -0.314. The molecule has 7 aliphatic carbocycles.